The third-order valence-electron chi connectivity index (χ3n) is 2.06. The maximum absolute atomic E-state index is 10.9. The summed E-state index contributed by atoms with van der Waals surface area (Å²) >= 11 is 0. The number of methoxy groups -OCH3 is 1. The van der Waals surface area contributed by atoms with E-state index >= 15 is 0 Å². The Morgan fingerprint density at radius 1 is 1.65 bits per heavy atom. The number of aromatic nitrogens is 2. The molecule has 0 fully saturated rings. The highest BCUT2D eigenvalue weighted by atomic mass is 16.6. The van der Waals surface area contributed by atoms with E-state index in [1.807, 2.05) is 6.92 Å². The van der Waals surface area contributed by atoms with Crippen molar-refractivity contribution >= 4 is 11.5 Å². The highest BCUT2D eigenvalue weighted by Crippen LogP contribution is 2.30. The molecule has 0 spiro atoms. The molecule has 0 aliphatic rings. The summed E-state index contributed by atoms with van der Waals surface area (Å²) in [5, 5.41) is 13.7. The first kappa shape index (κ1) is 13.1. The van der Waals surface area contributed by atoms with E-state index in [4.69, 9.17) is 10.5 Å². The van der Waals surface area contributed by atoms with Crippen molar-refractivity contribution in [3.05, 3.63) is 16.4 Å². The molecule has 1 unspecified atom stereocenters. The number of nitro groups is 1. The Kier molecular flexibility index (Phi) is 4.58. The van der Waals surface area contributed by atoms with Crippen molar-refractivity contribution < 1.29 is 9.66 Å². The lowest BCUT2D eigenvalue weighted by Crippen LogP contribution is -2.19. The summed E-state index contributed by atoms with van der Waals surface area (Å²) in [6, 6.07) is 0.0188. The third-order valence-corrected chi connectivity index (χ3v) is 2.06. The van der Waals surface area contributed by atoms with Gasteiger partial charge in [-0.2, -0.15) is 4.98 Å². The first-order valence-corrected chi connectivity index (χ1v) is 5.09. The molecule has 1 rings (SSSR count). The van der Waals surface area contributed by atoms with Gasteiger partial charge in [0.15, 0.2) is 0 Å². The van der Waals surface area contributed by atoms with Gasteiger partial charge in [0.1, 0.15) is 6.33 Å². The molecular formula is C9H15N5O3. The van der Waals surface area contributed by atoms with Crippen LogP contribution in [0.25, 0.3) is 0 Å². The van der Waals surface area contributed by atoms with Crippen molar-refractivity contribution in [2.75, 3.05) is 19.0 Å². The Bertz CT molecular complexity index is 396. The molecule has 1 aromatic heterocycles. The summed E-state index contributed by atoms with van der Waals surface area (Å²) in [6.45, 7) is 2.36. The summed E-state index contributed by atoms with van der Waals surface area (Å²) in [5.41, 5.74) is 5.31. The number of nitrogens with two attached hydrogens (primary N) is 1. The number of nitrogens with one attached hydrogen (secondary N) is 1. The Hall–Kier alpha value is -1.96. The van der Waals surface area contributed by atoms with Crippen LogP contribution >= 0.6 is 0 Å². The van der Waals surface area contributed by atoms with Crippen LogP contribution < -0.4 is 15.8 Å². The van der Waals surface area contributed by atoms with Gasteiger partial charge in [0.05, 0.1) is 12.0 Å². The number of ether oxygens (including phenoxy) is 1. The van der Waals surface area contributed by atoms with Crippen molar-refractivity contribution in [1.82, 2.24) is 9.97 Å². The molecule has 8 heteroatoms. The van der Waals surface area contributed by atoms with Crippen molar-refractivity contribution in [1.29, 1.82) is 0 Å². The number of rotatable bonds is 6. The molecule has 94 valence electrons. The number of hydrogen-bond donors (Lipinski definition) is 2. The van der Waals surface area contributed by atoms with E-state index in [9.17, 15) is 10.1 Å². The minimum atomic E-state index is -0.576. The predicted molar refractivity (Wildman–Crippen MR) is 62.0 cm³/mol. The topological polar surface area (TPSA) is 116 Å². The van der Waals surface area contributed by atoms with Gasteiger partial charge < -0.3 is 15.8 Å². The van der Waals surface area contributed by atoms with Crippen LogP contribution in [0.1, 0.15) is 13.3 Å². The Morgan fingerprint density at radius 3 is 2.88 bits per heavy atom. The van der Waals surface area contributed by atoms with Crippen LogP contribution in [0.15, 0.2) is 6.33 Å². The van der Waals surface area contributed by atoms with E-state index in [-0.39, 0.29) is 23.4 Å². The second kappa shape index (κ2) is 5.94. The third kappa shape index (κ3) is 3.52. The molecule has 1 atom stereocenters. The SMILES string of the molecule is COc1ncnc(NCCC(C)N)c1[N+](=O)[O-]. The van der Waals surface area contributed by atoms with Gasteiger partial charge in [-0.3, -0.25) is 10.1 Å². The lowest BCUT2D eigenvalue weighted by Gasteiger charge is -2.08. The van der Waals surface area contributed by atoms with Crippen LogP contribution in [0.5, 0.6) is 5.88 Å². The Balaban J connectivity index is 2.87. The molecule has 8 nitrogen and oxygen atoms in total. The molecular weight excluding hydrogens is 226 g/mol. The van der Waals surface area contributed by atoms with Gasteiger partial charge in [0.2, 0.25) is 5.82 Å². The molecule has 1 heterocycles. The molecule has 0 aliphatic heterocycles. The van der Waals surface area contributed by atoms with Gasteiger partial charge in [-0.1, -0.05) is 0 Å². The van der Waals surface area contributed by atoms with E-state index < -0.39 is 4.92 Å². The van der Waals surface area contributed by atoms with Crippen LogP contribution in [0, 0.1) is 10.1 Å². The maximum Gasteiger partial charge on any atom is 0.372 e. The summed E-state index contributed by atoms with van der Waals surface area (Å²) in [4.78, 5) is 17.8. The highest BCUT2D eigenvalue weighted by molar-refractivity contribution is 5.60. The van der Waals surface area contributed by atoms with Crippen LogP contribution in [-0.4, -0.2) is 34.6 Å². The van der Waals surface area contributed by atoms with E-state index in [0.29, 0.717) is 13.0 Å². The van der Waals surface area contributed by atoms with Crippen molar-refractivity contribution in [3.8, 4) is 5.88 Å². The summed E-state index contributed by atoms with van der Waals surface area (Å²) in [6.07, 6.45) is 1.89. The molecule has 0 amide bonds. The standard InChI is InChI=1S/C9H15N5O3/c1-6(10)3-4-11-8-7(14(15)16)9(17-2)13-5-12-8/h5-6H,3-4,10H2,1-2H3,(H,11,12,13). The van der Waals surface area contributed by atoms with E-state index in [1.54, 1.807) is 0 Å². The fourth-order valence-electron chi connectivity index (χ4n) is 1.22. The number of anilines is 1. The fraction of sp³-hybridized carbons (Fsp3) is 0.556. The molecule has 0 aliphatic carbocycles. The highest BCUT2D eigenvalue weighted by Gasteiger charge is 2.23. The minimum absolute atomic E-state index is 0.0188. The molecule has 0 saturated carbocycles. The largest absolute Gasteiger partial charge is 0.476 e. The summed E-state index contributed by atoms with van der Waals surface area (Å²) in [7, 11) is 1.32. The molecule has 0 aromatic carbocycles. The van der Waals surface area contributed by atoms with Gasteiger partial charge in [0.25, 0.3) is 5.88 Å². The van der Waals surface area contributed by atoms with Crippen LogP contribution in [-0.2, 0) is 0 Å². The normalized spacial score (nSPS) is 11.9. The molecule has 0 bridgehead atoms. The minimum Gasteiger partial charge on any atom is -0.476 e. The van der Waals surface area contributed by atoms with Gasteiger partial charge in [-0.15, -0.1) is 0 Å². The van der Waals surface area contributed by atoms with Crippen molar-refractivity contribution in [2.45, 2.75) is 19.4 Å². The lowest BCUT2D eigenvalue weighted by molar-refractivity contribution is -0.385. The van der Waals surface area contributed by atoms with E-state index in [0.717, 1.165) is 0 Å². The molecule has 3 N–H and O–H groups in total. The molecule has 1 aromatic rings. The quantitative estimate of drug-likeness (QED) is 0.551. The summed E-state index contributed by atoms with van der Waals surface area (Å²) < 4.78 is 4.82. The van der Waals surface area contributed by atoms with Crippen LogP contribution in [0.2, 0.25) is 0 Å². The maximum atomic E-state index is 10.9. The Morgan fingerprint density at radius 2 is 2.35 bits per heavy atom. The second-order valence-electron chi connectivity index (χ2n) is 3.53. The zero-order valence-electron chi connectivity index (χ0n) is 9.71. The second-order valence-corrected chi connectivity index (χ2v) is 3.53. The smallest absolute Gasteiger partial charge is 0.372 e. The monoisotopic (exact) mass is 241 g/mol. The molecule has 0 radical (unpaired) electrons. The van der Waals surface area contributed by atoms with Crippen LogP contribution in [0.4, 0.5) is 11.5 Å². The van der Waals surface area contributed by atoms with Gasteiger partial charge in [0, 0.05) is 12.6 Å². The average molecular weight is 241 g/mol. The molecule has 0 saturated heterocycles. The van der Waals surface area contributed by atoms with Gasteiger partial charge >= 0.3 is 5.69 Å². The molecule has 17 heavy (non-hydrogen) atoms. The lowest BCUT2D eigenvalue weighted by atomic mass is 10.2. The first-order chi connectivity index (χ1) is 8.06. The number of hydrogen-bond acceptors (Lipinski definition) is 7. The number of nitrogens with zero attached hydrogens (tertiary/aromatic N) is 3. The zero-order valence-corrected chi connectivity index (χ0v) is 9.71. The first-order valence-electron chi connectivity index (χ1n) is 5.09. The van der Waals surface area contributed by atoms with E-state index in [2.05, 4.69) is 15.3 Å². The average Bonchev–Trinajstić information content (AvgIpc) is 2.27. The fourth-order valence-corrected chi connectivity index (χ4v) is 1.22. The van der Waals surface area contributed by atoms with Gasteiger partial charge in [-0.05, 0) is 13.3 Å². The Labute approximate surface area is 98.4 Å². The van der Waals surface area contributed by atoms with Crippen LogP contribution in [0.3, 0.4) is 0 Å². The van der Waals surface area contributed by atoms with E-state index in [1.165, 1.54) is 13.4 Å². The van der Waals surface area contributed by atoms with Gasteiger partial charge in [-0.25, -0.2) is 4.98 Å². The summed E-state index contributed by atoms with van der Waals surface area (Å²) in [5.74, 6) is 0.0794. The predicted octanol–water partition coefficient (Wildman–Crippen LogP) is 0.543. The van der Waals surface area contributed by atoms with Crippen molar-refractivity contribution in [2.24, 2.45) is 5.73 Å². The van der Waals surface area contributed by atoms with Crippen molar-refractivity contribution in [3.63, 3.8) is 0 Å². The zero-order chi connectivity index (χ0) is 12.8.